The van der Waals surface area contributed by atoms with Crippen molar-refractivity contribution in [2.24, 2.45) is 5.73 Å². The molecule has 2 aromatic carbocycles. The summed E-state index contributed by atoms with van der Waals surface area (Å²) in [6.07, 6.45) is 0.0633. The van der Waals surface area contributed by atoms with E-state index in [1.165, 1.54) is 0 Å². The molecule has 0 aromatic heterocycles. The molecule has 9 heteroatoms. The van der Waals surface area contributed by atoms with Gasteiger partial charge in [0.15, 0.2) is 0 Å². The Labute approximate surface area is 185 Å². The molecule has 3 amide bonds. The highest BCUT2D eigenvalue weighted by Gasteiger charge is 2.19. The number of para-hydroxylation sites is 1. The molecule has 0 unspecified atom stereocenters. The molecule has 0 heterocycles. The van der Waals surface area contributed by atoms with Crippen molar-refractivity contribution in [2.45, 2.75) is 13.0 Å². The van der Waals surface area contributed by atoms with Crippen molar-refractivity contribution in [3.8, 4) is 0 Å². The summed E-state index contributed by atoms with van der Waals surface area (Å²) >= 11 is 12.1. The first-order valence-corrected chi connectivity index (χ1v) is 10.0. The number of benzene rings is 2. The van der Waals surface area contributed by atoms with E-state index in [9.17, 15) is 14.4 Å². The van der Waals surface area contributed by atoms with Gasteiger partial charge in [0, 0.05) is 19.5 Å². The molecule has 160 valence electrons. The third-order valence-electron chi connectivity index (χ3n) is 4.24. The van der Waals surface area contributed by atoms with Crippen LogP contribution in [0.25, 0.3) is 0 Å². The maximum atomic E-state index is 12.8. The normalized spacial score (nSPS) is 10.7. The number of nitrogens with zero attached hydrogens (tertiary/aromatic N) is 2. The minimum Gasteiger partial charge on any atom is -0.370 e. The van der Waals surface area contributed by atoms with Gasteiger partial charge in [-0.2, -0.15) is 0 Å². The van der Waals surface area contributed by atoms with Gasteiger partial charge in [-0.25, -0.2) is 0 Å². The number of hydrogen-bond donors (Lipinski definition) is 2. The van der Waals surface area contributed by atoms with Crippen molar-refractivity contribution in [2.75, 3.05) is 32.0 Å². The number of hydrogen-bond acceptors (Lipinski definition) is 4. The zero-order chi connectivity index (χ0) is 22.1. The number of anilines is 1. The molecule has 30 heavy (non-hydrogen) atoms. The van der Waals surface area contributed by atoms with Crippen molar-refractivity contribution >= 4 is 46.6 Å². The van der Waals surface area contributed by atoms with Crippen LogP contribution in [0.15, 0.2) is 48.5 Å². The highest BCUT2D eigenvalue weighted by Crippen LogP contribution is 2.29. The van der Waals surface area contributed by atoms with E-state index >= 15 is 0 Å². The Balaban J connectivity index is 1.95. The molecule has 3 N–H and O–H groups in total. The summed E-state index contributed by atoms with van der Waals surface area (Å²) in [7, 11) is 1.65. The lowest BCUT2D eigenvalue weighted by atomic mass is 10.2. The monoisotopic (exact) mass is 450 g/mol. The van der Waals surface area contributed by atoms with E-state index in [-0.39, 0.29) is 37.9 Å². The quantitative estimate of drug-likeness (QED) is 0.581. The van der Waals surface area contributed by atoms with Crippen molar-refractivity contribution in [3.63, 3.8) is 0 Å². The van der Waals surface area contributed by atoms with Gasteiger partial charge < -0.3 is 16.0 Å². The topological polar surface area (TPSA) is 95.7 Å². The van der Waals surface area contributed by atoms with E-state index in [2.05, 4.69) is 5.32 Å². The number of likely N-dealkylation sites (N-methyl/N-ethyl adjacent to an activating group) is 1. The van der Waals surface area contributed by atoms with E-state index in [0.29, 0.717) is 22.3 Å². The number of carbonyl (C=O) groups is 3. The largest absolute Gasteiger partial charge is 0.370 e. The molecule has 2 aromatic rings. The molecule has 0 saturated carbocycles. The van der Waals surface area contributed by atoms with Gasteiger partial charge in [0.05, 0.1) is 28.8 Å². The summed E-state index contributed by atoms with van der Waals surface area (Å²) in [4.78, 5) is 39.4. The average Bonchev–Trinajstić information content (AvgIpc) is 2.68. The van der Waals surface area contributed by atoms with Crippen LogP contribution in [-0.2, 0) is 20.9 Å². The van der Waals surface area contributed by atoms with Gasteiger partial charge in [-0.15, -0.1) is 0 Å². The van der Waals surface area contributed by atoms with Crippen LogP contribution >= 0.6 is 23.2 Å². The number of rotatable bonds is 10. The number of carbonyl (C=O) groups excluding carboxylic acids is 3. The van der Waals surface area contributed by atoms with Crippen LogP contribution in [0, 0.1) is 0 Å². The number of nitrogens with one attached hydrogen (secondary N) is 1. The minimum atomic E-state index is -0.481. The highest BCUT2D eigenvalue weighted by molar-refractivity contribution is 6.39. The van der Waals surface area contributed by atoms with Crippen molar-refractivity contribution < 1.29 is 14.4 Å². The summed E-state index contributed by atoms with van der Waals surface area (Å²) in [5, 5.41) is 3.32. The minimum absolute atomic E-state index is 0.00469. The van der Waals surface area contributed by atoms with Crippen molar-refractivity contribution in [3.05, 3.63) is 64.1 Å². The molecule has 0 aliphatic carbocycles. The van der Waals surface area contributed by atoms with Crippen LogP contribution in [0.5, 0.6) is 0 Å². The molecular formula is C21H24Cl2N4O3. The molecule has 0 bridgehead atoms. The van der Waals surface area contributed by atoms with Gasteiger partial charge in [0.2, 0.25) is 17.7 Å². The predicted molar refractivity (Wildman–Crippen MR) is 118 cm³/mol. The molecular weight excluding hydrogens is 427 g/mol. The Morgan fingerprint density at radius 2 is 1.60 bits per heavy atom. The van der Waals surface area contributed by atoms with E-state index in [1.807, 2.05) is 30.3 Å². The number of nitrogens with two attached hydrogens (primary N) is 1. The Hall–Kier alpha value is -2.61. The second-order valence-corrected chi connectivity index (χ2v) is 7.65. The van der Waals surface area contributed by atoms with E-state index in [0.717, 1.165) is 5.56 Å². The number of halogens is 2. The van der Waals surface area contributed by atoms with Crippen LogP contribution in [0.3, 0.4) is 0 Å². The second-order valence-electron chi connectivity index (χ2n) is 6.83. The lowest BCUT2D eigenvalue weighted by molar-refractivity contribution is -0.133. The lowest BCUT2D eigenvalue weighted by Crippen LogP contribution is -2.42. The average molecular weight is 451 g/mol. The molecule has 0 saturated heterocycles. The smallest absolute Gasteiger partial charge is 0.238 e. The van der Waals surface area contributed by atoms with Crippen molar-refractivity contribution in [1.29, 1.82) is 0 Å². The van der Waals surface area contributed by atoms with Crippen LogP contribution in [0.2, 0.25) is 10.0 Å². The fourth-order valence-electron chi connectivity index (χ4n) is 2.77. The summed E-state index contributed by atoms with van der Waals surface area (Å²) in [5.41, 5.74) is 6.50. The first kappa shape index (κ1) is 23.7. The zero-order valence-corrected chi connectivity index (χ0v) is 18.1. The van der Waals surface area contributed by atoms with Crippen molar-refractivity contribution in [1.82, 2.24) is 9.80 Å². The highest BCUT2D eigenvalue weighted by atomic mass is 35.5. The zero-order valence-electron chi connectivity index (χ0n) is 16.6. The molecule has 2 rings (SSSR count). The van der Waals surface area contributed by atoms with E-state index in [4.69, 9.17) is 28.9 Å². The maximum Gasteiger partial charge on any atom is 0.238 e. The van der Waals surface area contributed by atoms with Gasteiger partial charge >= 0.3 is 0 Å². The standard InChI is InChI=1S/C21H24Cl2N4O3/c1-26(13-19(29)25-21-16(22)8-5-9-17(21)23)14-20(30)27(11-10-18(24)28)12-15-6-3-2-4-7-15/h2-9H,10-14H2,1H3,(H2,24,28)(H,25,29). The third kappa shape index (κ3) is 7.67. The Bertz CT molecular complexity index is 873. The fourth-order valence-corrected chi connectivity index (χ4v) is 3.26. The second kappa shape index (κ2) is 11.5. The first-order chi connectivity index (χ1) is 14.3. The Kier molecular flexibility index (Phi) is 9.11. The summed E-state index contributed by atoms with van der Waals surface area (Å²) in [6, 6.07) is 14.4. The molecule has 0 atom stereocenters. The van der Waals surface area contributed by atoms with Gasteiger partial charge in [0.1, 0.15) is 0 Å². The summed E-state index contributed by atoms with van der Waals surface area (Å²) in [6.45, 7) is 0.512. The van der Waals surface area contributed by atoms with Gasteiger partial charge in [-0.1, -0.05) is 59.6 Å². The Morgan fingerprint density at radius 1 is 0.967 bits per heavy atom. The molecule has 0 aliphatic rings. The van der Waals surface area contributed by atoms with Crippen LogP contribution in [-0.4, -0.2) is 54.2 Å². The third-order valence-corrected chi connectivity index (χ3v) is 4.87. The van der Waals surface area contributed by atoms with E-state index < -0.39 is 5.91 Å². The molecule has 0 aliphatic heterocycles. The number of amides is 3. The molecule has 0 radical (unpaired) electrons. The number of primary amides is 1. The van der Waals surface area contributed by atoms with Gasteiger partial charge in [-0.3, -0.25) is 19.3 Å². The van der Waals surface area contributed by atoms with Gasteiger partial charge in [-0.05, 0) is 24.7 Å². The SMILES string of the molecule is CN(CC(=O)Nc1c(Cl)cccc1Cl)CC(=O)N(CCC(N)=O)Cc1ccccc1. The van der Waals surface area contributed by atoms with Crippen LogP contribution < -0.4 is 11.1 Å². The summed E-state index contributed by atoms with van der Waals surface area (Å²) in [5.74, 6) is -1.05. The van der Waals surface area contributed by atoms with Gasteiger partial charge in [0.25, 0.3) is 0 Å². The predicted octanol–water partition coefficient (Wildman–Crippen LogP) is 2.77. The molecule has 7 nitrogen and oxygen atoms in total. The molecule has 0 spiro atoms. The van der Waals surface area contributed by atoms with Crippen LogP contribution in [0.4, 0.5) is 5.69 Å². The Morgan fingerprint density at radius 3 is 2.20 bits per heavy atom. The fraction of sp³-hybridized carbons (Fsp3) is 0.286. The van der Waals surface area contributed by atoms with E-state index in [1.54, 1.807) is 35.0 Å². The lowest BCUT2D eigenvalue weighted by Gasteiger charge is -2.25. The van der Waals surface area contributed by atoms with Crippen LogP contribution in [0.1, 0.15) is 12.0 Å². The molecule has 0 fully saturated rings. The first-order valence-electron chi connectivity index (χ1n) is 9.28. The summed E-state index contributed by atoms with van der Waals surface area (Å²) < 4.78 is 0. The maximum absolute atomic E-state index is 12.8.